The van der Waals surface area contributed by atoms with Crippen LogP contribution in [0.15, 0.2) is 30.7 Å². The normalized spacial score (nSPS) is 9.83. The van der Waals surface area contributed by atoms with Gasteiger partial charge in [-0.25, -0.2) is 9.97 Å². The highest BCUT2D eigenvalue weighted by atomic mass is 35.5. The number of nitrogens with zero attached hydrogens (tertiary/aromatic N) is 3. The van der Waals surface area contributed by atoms with E-state index in [9.17, 15) is 0 Å². The van der Waals surface area contributed by atoms with Gasteiger partial charge in [-0.2, -0.15) is 5.26 Å². The van der Waals surface area contributed by atoms with E-state index in [4.69, 9.17) is 21.6 Å². The zero-order chi connectivity index (χ0) is 13.0. The maximum atomic E-state index is 8.91. The minimum atomic E-state index is 0.247. The molecule has 0 radical (unpaired) electrons. The fourth-order valence-corrected chi connectivity index (χ4v) is 1.72. The molecule has 0 atom stereocenters. The highest BCUT2D eigenvalue weighted by molar-refractivity contribution is 6.31. The average molecular weight is 260 g/mol. The van der Waals surface area contributed by atoms with Crippen molar-refractivity contribution in [3.05, 3.63) is 46.9 Å². The van der Waals surface area contributed by atoms with E-state index in [0.717, 1.165) is 12.0 Å². The van der Waals surface area contributed by atoms with Crippen molar-refractivity contribution in [2.24, 2.45) is 0 Å². The van der Waals surface area contributed by atoms with Crippen molar-refractivity contribution in [3.8, 4) is 17.7 Å². The molecule has 0 fully saturated rings. The van der Waals surface area contributed by atoms with Gasteiger partial charge in [-0.3, -0.25) is 0 Å². The van der Waals surface area contributed by atoms with E-state index < -0.39 is 0 Å². The summed E-state index contributed by atoms with van der Waals surface area (Å²) >= 11 is 6.02. The fraction of sp³-hybridized carbons (Fsp3) is 0.154. The number of hydrogen-bond acceptors (Lipinski definition) is 4. The first-order chi connectivity index (χ1) is 8.74. The fourth-order valence-electron chi connectivity index (χ4n) is 1.47. The van der Waals surface area contributed by atoms with E-state index in [1.54, 1.807) is 12.1 Å². The van der Waals surface area contributed by atoms with Crippen LogP contribution < -0.4 is 4.74 Å². The number of aryl methyl sites for hydroxylation is 1. The summed E-state index contributed by atoms with van der Waals surface area (Å²) in [4.78, 5) is 7.70. The van der Waals surface area contributed by atoms with E-state index >= 15 is 0 Å². The maximum absolute atomic E-state index is 8.91. The molecule has 0 amide bonds. The van der Waals surface area contributed by atoms with Crippen LogP contribution in [0.25, 0.3) is 0 Å². The molecule has 1 aromatic carbocycles. The summed E-state index contributed by atoms with van der Waals surface area (Å²) in [5.41, 5.74) is 1.28. The van der Waals surface area contributed by atoms with Gasteiger partial charge in [-0.1, -0.05) is 18.5 Å². The first-order valence-electron chi connectivity index (χ1n) is 5.41. The zero-order valence-corrected chi connectivity index (χ0v) is 10.5. The van der Waals surface area contributed by atoms with Gasteiger partial charge in [-0.15, -0.1) is 0 Å². The SMILES string of the molecule is CCc1cc(Oc2ncncc2C#N)ccc1Cl. The second kappa shape index (κ2) is 5.48. The van der Waals surface area contributed by atoms with Gasteiger partial charge in [0.25, 0.3) is 0 Å². The Morgan fingerprint density at radius 1 is 1.44 bits per heavy atom. The highest BCUT2D eigenvalue weighted by Crippen LogP contribution is 2.26. The molecule has 5 heteroatoms. The molecule has 0 aliphatic rings. The van der Waals surface area contributed by atoms with E-state index in [0.29, 0.717) is 16.3 Å². The Balaban J connectivity index is 2.32. The Morgan fingerprint density at radius 3 is 3.00 bits per heavy atom. The van der Waals surface area contributed by atoms with Crippen molar-refractivity contribution in [1.29, 1.82) is 5.26 Å². The van der Waals surface area contributed by atoms with Crippen molar-refractivity contribution < 1.29 is 4.74 Å². The van der Waals surface area contributed by atoms with E-state index in [-0.39, 0.29) is 5.88 Å². The van der Waals surface area contributed by atoms with Crippen LogP contribution in [-0.2, 0) is 6.42 Å². The van der Waals surface area contributed by atoms with Crippen LogP contribution >= 0.6 is 11.6 Å². The van der Waals surface area contributed by atoms with Crippen LogP contribution in [0.2, 0.25) is 5.02 Å². The van der Waals surface area contributed by atoms with Gasteiger partial charge >= 0.3 is 0 Å². The van der Waals surface area contributed by atoms with Crippen molar-refractivity contribution in [2.45, 2.75) is 13.3 Å². The third-order valence-electron chi connectivity index (χ3n) is 2.41. The second-order valence-electron chi connectivity index (χ2n) is 3.56. The van der Waals surface area contributed by atoms with Gasteiger partial charge in [0, 0.05) is 5.02 Å². The summed E-state index contributed by atoms with van der Waals surface area (Å²) < 4.78 is 5.57. The molecule has 0 aliphatic heterocycles. The van der Waals surface area contributed by atoms with Gasteiger partial charge in [0.2, 0.25) is 5.88 Å². The van der Waals surface area contributed by atoms with Crippen LogP contribution in [0.5, 0.6) is 11.6 Å². The molecule has 0 bridgehead atoms. The van der Waals surface area contributed by atoms with Crippen LogP contribution in [0.4, 0.5) is 0 Å². The topological polar surface area (TPSA) is 58.8 Å². The van der Waals surface area contributed by atoms with Gasteiger partial charge in [-0.05, 0) is 30.2 Å². The molecule has 0 saturated carbocycles. The van der Waals surface area contributed by atoms with Gasteiger partial charge in [0.15, 0.2) is 0 Å². The molecule has 2 rings (SSSR count). The monoisotopic (exact) mass is 259 g/mol. The molecule has 2 aromatic rings. The third-order valence-corrected chi connectivity index (χ3v) is 2.78. The molecule has 0 aliphatic carbocycles. The van der Waals surface area contributed by atoms with Crippen LogP contribution in [0.1, 0.15) is 18.1 Å². The first kappa shape index (κ1) is 12.3. The quantitative estimate of drug-likeness (QED) is 0.848. The summed E-state index contributed by atoms with van der Waals surface area (Å²) in [5, 5.41) is 9.61. The lowest BCUT2D eigenvalue weighted by Crippen LogP contribution is -1.93. The number of nitriles is 1. The summed E-state index contributed by atoms with van der Waals surface area (Å²) in [7, 11) is 0. The third kappa shape index (κ3) is 2.58. The Morgan fingerprint density at radius 2 is 2.28 bits per heavy atom. The summed E-state index contributed by atoms with van der Waals surface area (Å²) in [5.74, 6) is 0.850. The van der Waals surface area contributed by atoms with E-state index in [2.05, 4.69) is 9.97 Å². The summed E-state index contributed by atoms with van der Waals surface area (Å²) in [6, 6.07) is 7.33. The zero-order valence-electron chi connectivity index (χ0n) is 9.72. The number of aromatic nitrogens is 2. The molecule has 0 unspecified atom stereocenters. The molecule has 90 valence electrons. The molecular weight excluding hydrogens is 250 g/mol. The number of hydrogen-bond donors (Lipinski definition) is 0. The van der Waals surface area contributed by atoms with Crippen molar-refractivity contribution >= 4 is 11.6 Å². The molecule has 1 heterocycles. The molecule has 4 nitrogen and oxygen atoms in total. The van der Waals surface area contributed by atoms with E-state index in [1.165, 1.54) is 12.5 Å². The molecule has 0 N–H and O–H groups in total. The van der Waals surface area contributed by atoms with Crippen molar-refractivity contribution in [3.63, 3.8) is 0 Å². The van der Waals surface area contributed by atoms with Crippen LogP contribution in [0.3, 0.4) is 0 Å². The number of halogens is 1. The number of rotatable bonds is 3. The lowest BCUT2D eigenvalue weighted by molar-refractivity contribution is 0.459. The Kier molecular flexibility index (Phi) is 3.75. The van der Waals surface area contributed by atoms with Crippen LogP contribution in [0, 0.1) is 11.3 Å². The minimum Gasteiger partial charge on any atom is -0.438 e. The van der Waals surface area contributed by atoms with Crippen molar-refractivity contribution in [2.75, 3.05) is 0 Å². The predicted molar refractivity (Wildman–Crippen MR) is 67.7 cm³/mol. The largest absolute Gasteiger partial charge is 0.438 e. The summed E-state index contributed by atoms with van der Waals surface area (Å²) in [6.07, 6.45) is 3.57. The molecule has 18 heavy (non-hydrogen) atoms. The lowest BCUT2D eigenvalue weighted by Gasteiger charge is -2.08. The van der Waals surface area contributed by atoms with E-state index in [1.807, 2.05) is 19.1 Å². The Bertz CT molecular complexity index is 607. The lowest BCUT2D eigenvalue weighted by atomic mass is 10.1. The molecule has 0 saturated heterocycles. The standard InChI is InChI=1S/C13H10ClN3O/c1-2-9-5-11(3-4-12(9)14)18-13-10(6-15)7-16-8-17-13/h3-5,7-8H,2H2,1H3. The molecular formula is C13H10ClN3O. The molecule has 1 aromatic heterocycles. The maximum Gasteiger partial charge on any atom is 0.240 e. The van der Waals surface area contributed by atoms with Gasteiger partial charge in [0.05, 0.1) is 6.20 Å². The van der Waals surface area contributed by atoms with Crippen LogP contribution in [-0.4, -0.2) is 9.97 Å². The number of ether oxygens (including phenoxy) is 1. The Hall–Kier alpha value is -2.12. The Labute approximate surface area is 110 Å². The minimum absolute atomic E-state index is 0.247. The van der Waals surface area contributed by atoms with Crippen molar-refractivity contribution in [1.82, 2.24) is 9.97 Å². The molecule has 0 spiro atoms. The number of benzene rings is 1. The second-order valence-corrected chi connectivity index (χ2v) is 3.97. The summed E-state index contributed by atoms with van der Waals surface area (Å²) in [6.45, 7) is 2.01. The van der Waals surface area contributed by atoms with Gasteiger partial charge < -0.3 is 4.74 Å². The first-order valence-corrected chi connectivity index (χ1v) is 5.78. The highest BCUT2D eigenvalue weighted by Gasteiger charge is 2.07. The predicted octanol–water partition coefficient (Wildman–Crippen LogP) is 3.36. The average Bonchev–Trinajstić information content (AvgIpc) is 2.41. The van der Waals surface area contributed by atoms with Gasteiger partial charge in [0.1, 0.15) is 23.7 Å². The smallest absolute Gasteiger partial charge is 0.240 e.